The van der Waals surface area contributed by atoms with Crippen LogP contribution in [-0.4, -0.2) is 50.1 Å². The van der Waals surface area contributed by atoms with E-state index in [9.17, 15) is 22.3 Å². The molecular weight excluding hydrogens is 278 g/mol. The van der Waals surface area contributed by atoms with Crippen LogP contribution < -0.4 is 5.32 Å². The predicted molar refractivity (Wildman–Crippen MR) is 64.0 cm³/mol. The topological polar surface area (TPSA) is 69.6 Å². The Labute approximate surface area is 109 Å². The lowest BCUT2D eigenvalue weighted by Crippen LogP contribution is -2.44. The van der Waals surface area contributed by atoms with Crippen LogP contribution in [0, 0.1) is 11.6 Å². The molecule has 2 rings (SSSR count). The summed E-state index contributed by atoms with van der Waals surface area (Å²) in [6.45, 7) is 0.600. The fraction of sp³-hybridized carbons (Fsp3) is 0.455. The molecule has 0 saturated carbocycles. The van der Waals surface area contributed by atoms with Crippen LogP contribution in [0.2, 0.25) is 0 Å². The molecule has 0 spiro atoms. The minimum atomic E-state index is -3.97. The summed E-state index contributed by atoms with van der Waals surface area (Å²) in [6.07, 6.45) is -0.829. The number of halogens is 2. The van der Waals surface area contributed by atoms with Gasteiger partial charge >= 0.3 is 0 Å². The van der Waals surface area contributed by atoms with Crippen molar-refractivity contribution in [1.29, 1.82) is 0 Å². The number of sulfonamides is 1. The van der Waals surface area contributed by atoms with Gasteiger partial charge in [0.2, 0.25) is 10.0 Å². The molecule has 0 aliphatic carbocycles. The highest BCUT2D eigenvalue weighted by atomic mass is 32.2. The Balaban J connectivity index is 2.33. The summed E-state index contributed by atoms with van der Waals surface area (Å²) >= 11 is 0. The number of aliphatic hydroxyl groups excluding tert-OH is 1. The lowest BCUT2D eigenvalue weighted by Gasteiger charge is -2.25. The third-order valence-electron chi connectivity index (χ3n) is 3.19. The van der Waals surface area contributed by atoms with Gasteiger partial charge in [-0.1, -0.05) is 0 Å². The quantitative estimate of drug-likeness (QED) is 0.817. The molecule has 5 nitrogen and oxygen atoms in total. The van der Waals surface area contributed by atoms with Gasteiger partial charge in [-0.15, -0.1) is 0 Å². The fourth-order valence-corrected chi connectivity index (χ4v) is 3.40. The number of hydrogen-bond donors (Lipinski definition) is 2. The van der Waals surface area contributed by atoms with E-state index in [0.29, 0.717) is 19.2 Å². The van der Waals surface area contributed by atoms with Crippen molar-refractivity contribution in [3.8, 4) is 0 Å². The van der Waals surface area contributed by atoms with E-state index in [-0.39, 0.29) is 4.90 Å². The van der Waals surface area contributed by atoms with Crippen LogP contribution in [0.3, 0.4) is 0 Å². The van der Waals surface area contributed by atoms with Crippen molar-refractivity contribution in [2.75, 3.05) is 20.1 Å². The Hall–Kier alpha value is -1.09. The maximum Gasteiger partial charge on any atom is 0.243 e. The van der Waals surface area contributed by atoms with Gasteiger partial charge in [0.1, 0.15) is 0 Å². The van der Waals surface area contributed by atoms with Crippen LogP contribution in [0.1, 0.15) is 0 Å². The highest BCUT2D eigenvalue weighted by molar-refractivity contribution is 7.89. The second-order valence-electron chi connectivity index (χ2n) is 4.39. The SMILES string of the molecule is CN([C@H]1CNC[C@@H]1O)S(=O)(=O)c1ccc(F)c(F)c1. The zero-order valence-corrected chi connectivity index (χ0v) is 11.0. The molecule has 1 fully saturated rings. The molecule has 0 amide bonds. The monoisotopic (exact) mass is 292 g/mol. The van der Waals surface area contributed by atoms with Crippen LogP contribution in [0.4, 0.5) is 8.78 Å². The van der Waals surface area contributed by atoms with Gasteiger partial charge < -0.3 is 10.4 Å². The van der Waals surface area contributed by atoms with E-state index in [4.69, 9.17) is 0 Å². The van der Waals surface area contributed by atoms with E-state index in [2.05, 4.69) is 5.32 Å². The van der Waals surface area contributed by atoms with Crippen molar-refractivity contribution in [2.24, 2.45) is 0 Å². The average molecular weight is 292 g/mol. The molecule has 1 aliphatic rings. The van der Waals surface area contributed by atoms with Crippen LogP contribution in [0.25, 0.3) is 0 Å². The Bertz CT molecular complexity index is 579. The number of nitrogens with zero attached hydrogens (tertiary/aromatic N) is 1. The van der Waals surface area contributed by atoms with E-state index in [1.165, 1.54) is 7.05 Å². The molecule has 0 aromatic heterocycles. The first-order chi connectivity index (χ1) is 8.84. The summed E-state index contributed by atoms with van der Waals surface area (Å²) < 4.78 is 51.4. The second kappa shape index (κ2) is 5.12. The van der Waals surface area contributed by atoms with E-state index in [0.717, 1.165) is 16.4 Å². The third-order valence-corrected chi connectivity index (χ3v) is 5.06. The number of nitrogens with one attached hydrogen (secondary N) is 1. The number of benzene rings is 1. The highest BCUT2D eigenvalue weighted by Crippen LogP contribution is 2.21. The van der Waals surface area contributed by atoms with Crippen molar-refractivity contribution in [3.05, 3.63) is 29.8 Å². The largest absolute Gasteiger partial charge is 0.390 e. The summed E-state index contributed by atoms with van der Waals surface area (Å²) in [6, 6.07) is 1.77. The normalized spacial score (nSPS) is 24.1. The minimum Gasteiger partial charge on any atom is -0.390 e. The molecule has 0 bridgehead atoms. The Morgan fingerprint density at radius 2 is 2.00 bits per heavy atom. The molecule has 1 aliphatic heterocycles. The fourth-order valence-electron chi connectivity index (χ4n) is 2.00. The molecule has 1 saturated heterocycles. The molecule has 1 aromatic carbocycles. The summed E-state index contributed by atoms with van der Waals surface area (Å²) in [5.74, 6) is -2.33. The highest BCUT2D eigenvalue weighted by Gasteiger charge is 2.35. The predicted octanol–water partition coefficient (Wildman–Crippen LogP) is -0.0820. The molecule has 2 atom stereocenters. The summed E-state index contributed by atoms with van der Waals surface area (Å²) in [5, 5.41) is 12.5. The van der Waals surface area contributed by atoms with Crippen LogP contribution >= 0.6 is 0 Å². The van der Waals surface area contributed by atoms with Crippen molar-refractivity contribution in [3.63, 3.8) is 0 Å². The standard InChI is InChI=1S/C11H14F2N2O3S/c1-15(10-5-14-6-11(10)16)19(17,18)7-2-3-8(12)9(13)4-7/h2-4,10-11,14,16H,5-6H2,1H3/t10-,11-/m0/s1. The average Bonchev–Trinajstić information content (AvgIpc) is 2.77. The maximum absolute atomic E-state index is 13.1. The Morgan fingerprint density at radius 3 is 2.53 bits per heavy atom. The molecule has 1 aromatic rings. The molecule has 1 heterocycles. The van der Waals surface area contributed by atoms with Gasteiger partial charge in [-0.25, -0.2) is 17.2 Å². The van der Waals surface area contributed by atoms with E-state index in [1.807, 2.05) is 0 Å². The molecule has 106 valence electrons. The number of aliphatic hydroxyl groups is 1. The van der Waals surface area contributed by atoms with E-state index >= 15 is 0 Å². The second-order valence-corrected chi connectivity index (χ2v) is 6.39. The van der Waals surface area contributed by atoms with E-state index in [1.54, 1.807) is 0 Å². The Kier molecular flexibility index (Phi) is 3.86. The van der Waals surface area contributed by atoms with Gasteiger partial charge in [0.25, 0.3) is 0 Å². The van der Waals surface area contributed by atoms with Crippen LogP contribution in [0.15, 0.2) is 23.1 Å². The van der Waals surface area contributed by atoms with Crippen LogP contribution in [-0.2, 0) is 10.0 Å². The van der Waals surface area contributed by atoms with Crippen LogP contribution in [0.5, 0.6) is 0 Å². The number of rotatable bonds is 3. The van der Waals surface area contributed by atoms with Gasteiger partial charge in [0, 0.05) is 20.1 Å². The third kappa shape index (κ3) is 2.62. The molecule has 0 unspecified atom stereocenters. The molecule has 19 heavy (non-hydrogen) atoms. The summed E-state index contributed by atoms with van der Waals surface area (Å²) in [5.41, 5.74) is 0. The minimum absolute atomic E-state index is 0.294. The molecule has 2 N–H and O–H groups in total. The van der Waals surface area contributed by atoms with Crippen molar-refractivity contribution >= 4 is 10.0 Å². The first-order valence-corrected chi connectivity index (χ1v) is 7.10. The summed E-state index contributed by atoms with van der Waals surface area (Å²) in [7, 11) is -2.66. The van der Waals surface area contributed by atoms with Crippen molar-refractivity contribution in [1.82, 2.24) is 9.62 Å². The van der Waals surface area contributed by atoms with Gasteiger partial charge in [-0.2, -0.15) is 4.31 Å². The van der Waals surface area contributed by atoms with E-state index < -0.39 is 33.8 Å². The molecule has 0 radical (unpaired) electrons. The zero-order valence-electron chi connectivity index (χ0n) is 10.2. The van der Waals surface area contributed by atoms with Gasteiger partial charge in [-0.05, 0) is 18.2 Å². The van der Waals surface area contributed by atoms with Gasteiger partial charge in [0.15, 0.2) is 11.6 Å². The number of hydrogen-bond acceptors (Lipinski definition) is 4. The number of likely N-dealkylation sites (N-methyl/N-ethyl adjacent to an activating group) is 1. The lowest BCUT2D eigenvalue weighted by molar-refractivity contribution is 0.136. The van der Waals surface area contributed by atoms with Crippen molar-refractivity contribution < 1.29 is 22.3 Å². The molecular formula is C11H14F2N2O3S. The zero-order chi connectivity index (χ0) is 14.2. The smallest absolute Gasteiger partial charge is 0.243 e. The van der Waals surface area contributed by atoms with Crippen molar-refractivity contribution in [2.45, 2.75) is 17.0 Å². The first kappa shape index (κ1) is 14.3. The lowest BCUT2D eigenvalue weighted by atomic mass is 10.2. The summed E-state index contributed by atoms with van der Waals surface area (Å²) in [4.78, 5) is -0.340. The first-order valence-electron chi connectivity index (χ1n) is 5.66. The number of β-amino-alcohol motifs (C(OH)–C–C–N with tert-alkyl or cyclic N) is 1. The van der Waals surface area contributed by atoms with Gasteiger partial charge in [-0.3, -0.25) is 0 Å². The molecule has 8 heteroatoms. The maximum atomic E-state index is 13.1. The van der Waals surface area contributed by atoms with Gasteiger partial charge in [0.05, 0.1) is 17.0 Å². The Morgan fingerprint density at radius 1 is 1.32 bits per heavy atom.